The highest BCUT2D eigenvalue weighted by molar-refractivity contribution is 6.31. The van der Waals surface area contributed by atoms with Gasteiger partial charge in [-0.15, -0.1) is 0 Å². The van der Waals surface area contributed by atoms with Crippen LogP contribution in [-0.2, 0) is 4.79 Å². The molecule has 1 amide bonds. The smallest absolute Gasteiger partial charge is 0.223 e. The molecule has 0 bridgehead atoms. The van der Waals surface area contributed by atoms with Gasteiger partial charge in [-0.1, -0.05) is 24.4 Å². The fraction of sp³-hybridized carbons (Fsp3) is 0.524. The van der Waals surface area contributed by atoms with Gasteiger partial charge in [-0.2, -0.15) is 0 Å². The lowest BCUT2D eigenvalue weighted by Gasteiger charge is -2.31. The van der Waals surface area contributed by atoms with E-state index in [-0.39, 0.29) is 11.8 Å². The van der Waals surface area contributed by atoms with E-state index in [1.54, 1.807) is 0 Å². The largest absolute Gasteiger partial charge is 0.382 e. The molecule has 1 heterocycles. The number of pyridine rings is 1. The number of fused-ring (bicyclic) bond motifs is 1. The van der Waals surface area contributed by atoms with Crippen molar-refractivity contribution >= 4 is 34.1 Å². The van der Waals surface area contributed by atoms with Crippen molar-refractivity contribution in [3.05, 3.63) is 35.5 Å². The molecule has 0 spiro atoms. The molecule has 2 aliphatic rings. The van der Waals surface area contributed by atoms with Gasteiger partial charge in [0.05, 0.1) is 5.52 Å². The van der Waals surface area contributed by atoms with Gasteiger partial charge in [-0.3, -0.25) is 9.78 Å². The molecular formula is C21H26ClN3O. The summed E-state index contributed by atoms with van der Waals surface area (Å²) in [5.41, 5.74) is 2.03. The van der Waals surface area contributed by atoms with Gasteiger partial charge in [0.1, 0.15) is 0 Å². The zero-order valence-corrected chi connectivity index (χ0v) is 15.8. The molecule has 4 nitrogen and oxygen atoms in total. The Labute approximate surface area is 159 Å². The fourth-order valence-electron chi connectivity index (χ4n) is 4.36. The summed E-state index contributed by atoms with van der Waals surface area (Å²) in [5, 5.41) is 8.78. The van der Waals surface area contributed by atoms with Crippen LogP contribution < -0.4 is 10.6 Å². The van der Waals surface area contributed by atoms with Gasteiger partial charge in [0.2, 0.25) is 5.91 Å². The molecule has 2 aromatic rings. The Morgan fingerprint density at radius 2 is 1.73 bits per heavy atom. The van der Waals surface area contributed by atoms with Gasteiger partial charge < -0.3 is 10.6 Å². The molecule has 2 saturated carbocycles. The van der Waals surface area contributed by atoms with E-state index in [1.165, 1.54) is 12.8 Å². The Bertz CT molecular complexity index is 780. The van der Waals surface area contributed by atoms with Crippen molar-refractivity contribution in [2.45, 2.75) is 63.5 Å². The van der Waals surface area contributed by atoms with Crippen LogP contribution in [0.5, 0.6) is 0 Å². The van der Waals surface area contributed by atoms with E-state index in [4.69, 9.17) is 11.6 Å². The zero-order valence-electron chi connectivity index (χ0n) is 15.0. The van der Waals surface area contributed by atoms with Crippen LogP contribution in [0.3, 0.4) is 0 Å². The number of anilines is 1. The molecule has 2 aliphatic carbocycles. The highest BCUT2D eigenvalue weighted by atomic mass is 35.5. The fourth-order valence-corrected chi connectivity index (χ4v) is 4.52. The lowest BCUT2D eigenvalue weighted by Crippen LogP contribution is -2.42. The second-order valence-corrected chi connectivity index (χ2v) is 8.14. The van der Waals surface area contributed by atoms with E-state index >= 15 is 0 Å². The average molecular weight is 372 g/mol. The summed E-state index contributed by atoms with van der Waals surface area (Å²) in [6, 6.07) is 8.65. The molecule has 2 N–H and O–H groups in total. The van der Waals surface area contributed by atoms with E-state index in [9.17, 15) is 4.79 Å². The molecule has 0 atom stereocenters. The lowest BCUT2D eigenvalue weighted by atomic mass is 9.90. The maximum atomic E-state index is 12.3. The quantitative estimate of drug-likeness (QED) is 0.802. The average Bonchev–Trinajstić information content (AvgIpc) is 3.18. The molecule has 4 rings (SSSR count). The highest BCUT2D eigenvalue weighted by Crippen LogP contribution is 2.29. The number of aromatic nitrogens is 1. The standard InChI is InChI=1S/C21H26ClN3O/c22-15-5-10-18-19(11-12-23-20(18)13-15)24-16-6-8-17(9-7-16)25-21(26)14-3-1-2-4-14/h5,10-14,16-17H,1-4,6-9H2,(H,23,24)(H,25,26). The Morgan fingerprint density at radius 3 is 2.50 bits per heavy atom. The molecule has 5 heteroatoms. The van der Waals surface area contributed by atoms with Crippen LogP contribution in [0, 0.1) is 5.92 Å². The number of hydrogen-bond donors (Lipinski definition) is 2. The summed E-state index contributed by atoms with van der Waals surface area (Å²) in [6.07, 6.45) is 10.6. The van der Waals surface area contributed by atoms with Crippen molar-refractivity contribution < 1.29 is 4.79 Å². The minimum absolute atomic E-state index is 0.265. The molecule has 0 aliphatic heterocycles. The van der Waals surface area contributed by atoms with Crippen molar-refractivity contribution in [1.29, 1.82) is 0 Å². The third-order valence-corrected chi connectivity index (χ3v) is 6.10. The van der Waals surface area contributed by atoms with E-state index in [2.05, 4.69) is 15.6 Å². The molecule has 2 fully saturated rings. The lowest BCUT2D eigenvalue weighted by molar-refractivity contribution is -0.125. The molecule has 0 radical (unpaired) electrons. The minimum Gasteiger partial charge on any atom is -0.382 e. The van der Waals surface area contributed by atoms with Gasteiger partial charge in [0.15, 0.2) is 0 Å². The first-order valence-electron chi connectivity index (χ1n) is 9.80. The van der Waals surface area contributed by atoms with Crippen molar-refractivity contribution in [2.24, 2.45) is 5.92 Å². The van der Waals surface area contributed by atoms with Crippen molar-refractivity contribution in [3.63, 3.8) is 0 Å². The first-order valence-corrected chi connectivity index (χ1v) is 10.2. The summed E-state index contributed by atoms with van der Waals surface area (Å²) < 4.78 is 0. The van der Waals surface area contributed by atoms with Crippen LogP contribution in [0.4, 0.5) is 5.69 Å². The number of carbonyl (C=O) groups excluding carboxylic acids is 1. The Hall–Kier alpha value is -1.81. The number of carbonyl (C=O) groups is 1. The number of halogens is 1. The Balaban J connectivity index is 1.33. The first kappa shape index (κ1) is 17.6. The van der Waals surface area contributed by atoms with E-state index in [0.29, 0.717) is 17.1 Å². The second-order valence-electron chi connectivity index (χ2n) is 7.70. The number of hydrogen-bond acceptors (Lipinski definition) is 3. The van der Waals surface area contributed by atoms with Crippen molar-refractivity contribution in [2.75, 3.05) is 5.32 Å². The number of benzene rings is 1. The molecule has 1 aromatic heterocycles. The van der Waals surface area contributed by atoms with Gasteiger partial charge in [-0.25, -0.2) is 0 Å². The topological polar surface area (TPSA) is 54.0 Å². The van der Waals surface area contributed by atoms with Crippen molar-refractivity contribution in [1.82, 2.24) is 10.3 Å². The Kier molecular flexibility index (Phi) is 5.30. The molecule has 138 valence electrons. The van der Waals surface area contributed by atoms with Gasteiger partial charge in [-0.05, 0) is 62.8 Å². The van der Waals surface area contributed by atoms with Crippen LogP contribution in [0.25, 0.3) is 10.9 Å². The van der Waals surface area contributed by atoms with Crippen LogP contribution in [0.15, 0.2) is 30.5 Å². The number of nitrogens with one attached hydrogen (secondary N) is 2. The summed E-state index contributed by atoms with van der Waals surface area (Å²) in [4.78, 5) is 16.7. The molecule has 0 saturated heterocycles. The van der Waals surface area contributed by atoms with Crippen LogP contribution >= 0.6 is 11.6 Å². The van der Waals surface area contributed by atoms with Gasteiger partial charge in [0, 0.05) is 40.3 Å². The SMILES string of the molecule is O=C(NC1CCC(Nc2ccnc3cc(Cl)ccc23)CC1)C1CCCC1. The van der Waals surface area contributed by atoms with Crippen LogP contribution in [-0.4, -0.2) is 23.0 Å². The number of amides is 1. The molecule has 26 heavy (non-hydrogen) atoms. The second kappa shape index (κ2) is 7.83. The molecule has 1 aromatic carbocycles. The normalized spacial score (nSPS) is 23.9. The summed E-state index contributed by atoms with van der Waals surface area (Å²) in [6.45, 7) is 0. The Morgan fingerprint density at radius 1 is 1.00 bits per heavy atom. The van der Waals surface area contributed by atoms with Crippen LogP contribution in [0.2, 0.25) is 5.02 Å². The van der Waals surface area contributed by atoms with Gasteiger partial charge in [0.25, 0.3) is 0 Å². The molecular weight excluding hydrogens is 346 g/mol. The predicted octanol–water partition coefficient (Wildman–Crippen LogP) is 4.92. The third-order valence-electron chi connectivity index (χ3n) is 5.86. The van der Waals surface area contributed by atoms with Crippen molar-refractivity contribution in [3.8, 4) is 0 Å². The summed E-state index contributed by atoms with van der Waals surface area (Å²) >= 11 is 6.07. The zero-order chi connectivity index (χ0) is 17.9. The number of rotatable bonds is 4. The monoisotopic (exact) mass is 371 g/mol. The van der Waals surface area contributed by atoms with Crippen LogP contribution in [0.1, 0.15) is 51.4 Å². The van der Waals surface area contributed by atoms with E-state index in [0.717, 1.165) is 55.1 Å². The highest BCUT2D eigenvalue weighted by Gasteiger charge is 2.27. The summed E-state index contributed by atoms with van der Waals surface area (Å²) in [7, 11) is 0. The maximum absolute atomic E-state index is 12.3. The van der Waals surface area contributed by atoms with Gasteiger partial charge >= 0.3 is 0 Å². The van der Waals surface area contributed by atoms with E-state index < -0.39 is 0 Å². The molecule has 0 unspecified atom stereocenters. The minimum atomic E-state index is 0.265. The summed E-state index contributed by atoms with van der Waals surface area (Å²) in [5.74, 6) is 0.553. The predicted molar refractivity (Wildman–Crippen MR) is 107 cm³/mol. The first-order chi connectivity index (χ1) is 12.7. The maximum Gasteiger partial charge on any atom is 0.223 e. The number of nitrogens with zero attached hydrogens (tertiary/aromatic N) is 1. The van der Waals surface area contributed by atoms with E-state index in [1.807, 2.05) is 30.5 Å². The third kappa shape index (κ3) is 3.96.